The van der Waals surface area contributed by atoms with E-state index < -0.39 is 0 Å². The second-order valence-electron chi connectivity index (χ2n) is 8.53. The Balaban J connectivity index is 1.61. The smallest absolute Gasteiger partial charge is 0.193 e. The molecule has 0 atom stereocenters. The summed E-state index contributed by atoms with van der Waals surface area (Å²) in [5, 5.41) is 1.04. The van der Waals surface area contributed by atoms with Crippen molar-refractivity contribution in [3.8, 4) is 0 Å². The van der Waals surface area contributed by atoms with Crippen LogP contribution < -0.4 is 5.84 Å². The number of halogens is 1. The molecule has 5 heteroatoms. The Morgan fingerprint density at radius 2 is 1.76 bits per heavy atom. The first kappa shape index (κ1) is 19.6. The summed E-state index contributed by atoms with van der Waals surface area (Å²) in [6, 6.07) is 11.3. The molecule has 2 heterocycles. The highest BCUT2D eigenvalue weighted by atomic mass is 19.1. The molecule has 0 aliphatic carbocycles. The normalized spacial score (nSPS) is 16.0. The number of piperidine rings is 1. The molecule has 4 nitrogen and oxygen atoms in total. The number of hydrogen-bond acceptors (Lipinski definition) is 3. The van der Waals surface area contributed by atoms with E-state index in [-0.39, 0.29) is 11.6 Å². The molecular weight excluding hydrogens is 365 g/mol. The van der Waals surface area contributed by atoms with E-state index in [0.717, 1.165) is 43.4 Å². The lowest BCUT2D eigenvalue weighted by Gasteiger charge is -2.33. The van der Waals surface area contributed by atoms with Gasteiger partial charge in [-0.25, -0.2) is 4.39 Å². The Morgan fingerprint density at radius 3 is 2.41 bits per heavy atom. The molecule has 1 fully saturated rings. The van der Waals surface area contributed by atoms with Crippen molar-refractivity contribution >= 4 is 16.7 Å². The number of nitrogen functional groups attached to an aromatic ring is 1. The summed E-state index contributed by atoms with van der Waals surface area (Å²) < 4.78 is 14.9. The summed E-state index contributed by atoms with van der Waals surface area (Å²) >= 11 is 0. The van der Waals surface area contributed by atoms with Gasteiger partial charge in [0.25, 0.3) is 0 Å². The molecular formula is C24H28FN3O. The number of fused-ring (bicyclic) bond motifs is 1. The van der Waals surface area contributed by atoms with Crippen molar-refractivity contribution in [2.45, 2.75) is 32.6 Å². The van der Waals surface area contributed by atoms with Gasteiger partial charge < -0.3 is 10.7 Å². The fourth-order valence-corrected chi connectivity index (χ4v) is 4.46. The summed E-state index contributed by atoms with van der Waals surface area (Å²) in [6.07, 6.45) is 4.21. The quantitative estimate of drug-likeness (QED) is 0.511. The van der Waals surface area contributed by atoms with Crippen molar-refractivity contribution in [1.29, 1.82) is 0 Å². The second-order valence-corrected chi connectivity index (χ2v) is 8.53. The Bertz CT molecular complexity index is 1010. The van der Waals surface area contributed by atoms with E-state index in [9.17, 15) is 9.18 Å². The number of rotatable bonds is 5. The SMILES string of the molecule is CC(C)CN1CCC(c2cn(N)c3ccc(C(=O)c4ccc(F)cc4)cc23)CC1. The van der Waals surface area contributed by atoms with Crippen LogP contribution in [-0.4, -0.2) is 35.0 Å². The summed E-state index contributed by atoms with van der Waals surface area (Å²) in [7, 11) is 0. The van der Waals surface area contributed by atoms with Gasteiger partial charge in [-0.2, -0.15) is 0 Å². The second kappa shape index (κ2) is 7.99. The molecule has 1 aliphatic heterocycles. The summed E-state index contributed by atoms with van der Waals surface area (Å²) in [4.78, 5) is 15.4. The molecule has 0 spiro atoms. The van der Waals surface area contributed by atoms with Gasteiger partial charge in [0.05, 0.1) is 5.52 Å². The highest BCUT2D eigenvalue weighted by Crippen LogP contribution is 2.34. The number of ketones is 1. The summed E-state index contributed by atoms with van der Waals surface area (Å²) in [6.45, 7) is 7.84. The van der Waals surface area contributed by atoms with Gasteiger partial charge in [-0.3, -0.25) is 9.47 Å². The van der Waals surface area contributed by atoms with Crippen LogP contribution in [-0.2, 0) is 0 Å². The maximum Gasteiger partial charge on any atom is 0.193 e. The minimum atomic E-state index is -0.344. The van der Waals surface area contributed by atoms with Gasteiger partial charge in [-0.05, 0) is 85.8 Å². The van der Waals surface area contributed by atoms with E-state index >= 15 is 0 Å². The van der Waals surface area contributed by atoms with E-state index in [1.807, 2.05) is 18.3 Å². The minimum absolute atomic E-state index is 0.102. The van der Waals surface area contributed by atoms with Gasteiger partial charge in [-0.1, -0.05) is 13.8 Å². The molecule has 0 radical (unpaired) electrons. The molecule has 29 heavy (non-hydrogen) atoms. The Kier molecular flexibility index (Phi) is 5.41. The third-order valence-corrected chi connectivity index (χ3v) is 5.88. The topological polar surface area (TPSA) is 51.3 Å². The molecule has 2 aromatic carbocycles. The first-order valence-electron chi connectivity index (χ1n) is 10.3. The number of nitrogens with zero attached hydrogens (tertiary/aromatic N) is 2. The van der Waals surface area contributed by atoms with Crippen molar-refractivity contribution < 1.29 is 9.18 Å². The number of aromatic nitrogens is 1. The lowest BCUT2D eigenvalue weighted by Crippen LogP contribution is -2.35. The van der Waals surface area contributed by atoms with E-state index in [2.05, 4.69) is 18.7 Å². The Labute approximate surface area is 171 Å². The van der Waals surface area contributed by atoms with Crippen molar-refractivity contribution in [3.63, 3.8) is 0 Å². The molecule has 0 amide bonds. The van der Waals surface area contributed by atoms with Gasteiger partial charge in [0.2, 0.25) is 0 Å². The van der Waals surface area contributed by atoms with Crippen LogP contribution in [0.5, 0.6) is 0 Å². The van der Waals surface area contributed by atoms with Gasteiger partial charge in [0.15, 0.2) is 5.78 Å². The summed E-state index contributed by atoms with van der Waals surface area (Å²) in [5.74, 6) is 6.89. The maximum atomic E-state index is 13.2. The monoisotopic (exact) mass is 393 g/mol. The molecule has 1 aromatic heterocycles. The largest absolute Gasteiger partial charge is 0.339 e. The lowest BCUT2D eigenvalue weighted by atomic mass is 9.88. The molecule has 4 rings (SSSR count). The Hall–Kier alpha value is -2.66. The van der Waals surface area contributed by atoms with Crippen molar-refractivity contribution in [2.75, 3.05) is 25.5 Å². The zero-order chi connectivity index (χ0) is 20.5. The zero-order valence-corrected chi connectivity index (χ0v) is 17.1. The molecule has 1 saturated heterocycles. The average molecular weight is 394 g/mol. The molecule has 2 N–H and O–H groups in total. The number of benzene rings is 2. The van der Waals surface area contributed by atoms with Crippen LogP contribution in [0.15, 0.2) is 48.7 Å². The van der Waals surface area contributed by atoms with Crippen molar-refractivity contribution in [3.05, 3.63) is 71.2 Å². The standard InChI is InChI=1S/C24H28FN3O/c1-16(2)14-27-11-9-17(10-12-27)22-15-28(26)23-8-5-19(13-21(22)23)24(29)18-3-6-20(25)7-4-18/h3-8,13,15-17H,9-12,14,26H2,1-2H3. The van der Waals surface area contributed by atoms with E-state index in [1.165, 1.54) is 29.8 Å². The van der Waals surface area contributed by atoms with Gasteiger partial charge >= 0.3 is 0 Å². The van der Waals surface area contributed by atoms with Crippen LogP contribution in [0.4, 0.5) is 4.39 Å². The van der Waals surface area contributed by atoms with Crippen molar-refractivity contribution in [1.82, 2.24) is 9.58 Å². The molecule has 1 aliphatic rings. The van der Waals surface area contributed by atoms with Crippen LogP contribution in [0.1, 0.15) is 54.1 Å². The van der Waals surface area contributed by atoms with Crippen LogP contribution in [0.3, 0.4) is 0 Å². The zero-order valence-electron chi connectivity index (χ0n) is 17.1. The van der Waals surface area contributed by atoms with Crippen LogP contribution >= 0.6 is 0 Å². The number of carbonyl (C=O) groups is 1. The van der Waals surface area contributed by atoms with Crippen LogP contribution in [0, 0.1) is 11.7 Å². The number of hydrogen-bond donors (Lipinski definition) is 1. The number of nitrogens with two attached hydrogens (primary N) is 1. The molecule has 3 aromatic rings. The fourth-order valence-electron chi connectivity index (χ4n) is 4.46. The molecule has 0 bridgehead atoms. The van der Waals surface area contributed by atoms with Crippen molar-refractivity contribution in [2.24, 2.45) is 5.92 Å². The third kappa shape index (κ3) is 4.06. The molecule has 152 valence electrons. The Morgan fingerprint density at radius 1 is 1.10 bits per heavy atom. The van der Waals surface area contributed by atoms with Gasteiger partial charge in [-0.15, -0.1) is 0 Å². The molecule has 0 unspecified atom stereocenters. The van der Waals surface area contributed by atoms with E-state index in [0.29, 0.717) is 23.0 Å². The maximum absolute atomic E-state index is 13.2. The minimum Gasteiger partial charge on any atom is -0.339 e. The first-order chi connectivity index (χ1) is 13.9. The molecule has 0 saturated carbocycles. The predicted octanol–water partition coefficient (Wildman–Crippen LogP) is 4.56. The first-order valence-corrected chi connectivity index (χ1v) is 10.3. The third-order valence-electron chi connectivity index (χ3n) is 5.88. The highest BCUT2D eigenvalue weighted by molar-refractivity contribution is 6.10. The predicted molar refractivity (Wildman–Crippen MR) is 115 cm³/mol. The van der Waals surface area contributed by atoms with E-state index in [4.69, 9.17) is 5.84 Å². The van der Waals surface area contributed by atoms with Crippen LogP contribution in [0.2, 0.25) is 0 Å². The van der Waals surface area contributed by atoms with Gasteiger partial charge in [0, 0.05) is 29.3 Å². The number of carbonyl (C=O) groups excluding carboxylic acids is 1. The lowest BCUT2D eigenvalue weighted by molar-refractivity contribution is 0.103. The highest BCUT2D eigenvalue weighted by Gasteiger charge is 2.24. The average Bonchev–Trinajstić information content (AvgIpc) is 3.04. The van der Waals surface area contributed by atoms with Crippen LogP contribution in [0.25, 0.3) is 10.9 Å². The fraction of sp³-hybridized carbons (Fsp3) is 0.375. The van der Waals surface area contributed by atoms with Gasteiger partial charge in [0.1, 0.15) is 5.82 Å². The van der Waals surface area contributed by atoms with E-state index in [1.54, 1.807) is 10.7 Å². The summed E-state index contributed by atoms with van der Waals surface area (Å²) in [5.41, 5.74) is 3.25. The number of likely N-dealkylation sites (tertiary alicyclic amines) is 1.